The Bertz CT molecular complexity index is 230. The number of carbonyl (C=O) groups is 1. The molecule has 0 radical (unpaired) electrons. The van der Waals surface area contributed by atoms with E-state index in [0.29, 0.717) is 6.61 Å². The Kier molecular flexibility index (Phi) is 5.52. The van der Waals surface area contributed by atoms with E-state index in [0.717, 1.165) is 32.2 Å². The molecule has 2 fully saturated rings. The fraction of sp³-hybridized carbons (Fsp3) is 0.909. The van der Waals surface area contributed by atoms with Gasteiger partial charge in [0.2, 0.25) is 5.91 Å². The van der Waals surface area contributed by atoms with Crippen molar-refractivity contribution in [2.24, 2.45) is 11.8 Å². The van der Waals surface area contributed by atoms with Crippen LogP contribution in [0.1, 0.15) is 12.8 Å². The Balaban J connectivity index is 0.00000128. The lowest BCUT2D eigenvalue weighted by atomic mass is 10.0. The van der Waals surface area contributed by atoms with Crippen LogP contribution in [0.15, 0.2) is 0 Å². The predicted octanol–water partition coefficient (Wildman–Crippen LogP) is 0.513. The maximum atomic E-state index is 11.7. The number of ether oxygens (including phenoxy) is 1. The number of halogens is 1. The zero-order valence-corrected chi connectivity index (χ0v) is 10.6. The van der Waals surface area contributed by atoms with Gasteiger partial charge in [0.1, 0.15) is 0 Å². The zero-order chi connectivity index (χ0) is 10.7. The van der Waals surface area contributed by atoms with E-state index in [9.17, 15) is 4.79 Å². The monoisotopic (exact) mass is 248 g/mol. The largest absolute Gasteiger partial charge is 0.379 e. The van der Waals surface area contributed by atoms with Crippen LogP contribution in [0.5, 0.6) is 0 Å². The fourth-order valence-electron chi connectivity index (χ4n) is 1.62. The van der Waals surface area contributed by atoms with Gasteiger partial charge in [0.15, 0.2) is 0 Å². The maximum absolute atomic E-state index is 11.7. The third kappa shape index (κ3) is 3.92. The third-order valence-corrected chi connectivity index (χ3v) is 3.13. The summed E-state index contributed by atoms with van der Waals surface area (Å²) >= 11 is 0. The van der Waals surface area contributed by atoms with E-state index in [-0.39, 0.29) is 24.2 Å². The van der Waals surface area contributed by atoms with Crippen LogP contribution < -0.4 is 5.32 Å². The van der Waals surface area contributed by atoms with Gasteiger partial charge in [-0.15, -0.1) is 12.4 Å². The number of hydrogen-bond acceptors (Lipinski definition) is 3. The molecule has 1 heterocycles. The molecule has 0 bridgehead atoms. The van der Waals surface area contributed by atoms with Crippen LogP contribution in [-0.4, -0.2) is 50.7 Å². The lowest BCUT2D eigenvalue weighted by molar-refractivity contribution is -0.136. The van der Waals surface area contributed by atoms with Gasteiger partial charge in [0, 0.05) is 33.3 Å². The van der Waals surface area contributed by atoms with Crippen molar-refractivity contribution in [2.75, 3.05) is 39.9 Å². The normalized spacial score (nSPS) is 19.8. The van der Waals surface area contributed by atoms with Crippen molar-refractivity contribution >= 4 is 18.3 Å². The molecule has 1 aliphatic heterocycles. The molecule has 1 amide bonds. The van der Waals surface area contributed by atoms with E-state index in [4.69, 9.17) is 4.74 Å². The summed E-state index contributed by atoms with van der Waals surface area (Å²) in [5, 5.41) is 3.11. The summed E-state index contributed by atoms with van der Waals surface area (Å²) in [5.74, 6) is 1.27. The lowest BCUT2D eigenvalue weighted by Crippen LogP contribution is -2.51. The molecule has 0 unspecified atom stereocenters. The second kappa shape index (κ2) is 6.42. The minimum Gasteiger partial charge on any atom is -0.379 e. The first kappa shape index (κ1) is 13.7. The number of hydrogen-bond donors (Lipinski definition) is 1. The summed E-state index contributed by atoms with van der Waals surface area (Å²) in [4.78, 5) is 13.5. The highest BCUT2D eigenvalue weighted by atomic mass is 35.5. The highest BCUT2D eigenvalue weighted by molar-refractivity contribution is 5.85. The standard InChI is InChI=1S/C11H20N2O2.ClH/c1-13(11(14)10-6-12-7-10)4-5-15-8-9-2-3-9;/h9-10,12H,2-8H2,1H3;1H. The van der Waals surface area contributed by atoms with Gasteiger partial charge < -0.3 is 15.0 Å². The molecule has 5 heteroatoms. The molecule has 0 aromatic carbocycles. The number of carbonyl (C=O) groups excluding carboxylic acids is 1. The van der Waals surface area contributed by atoms with Gasteiger partial charge in [-0.05, 0) is 18.8 Å². The van der Waals surface area contributed by atoms with Crippen LogP contribution in [0.2, 0.25) is 0 Å². The van der Waals surface area contributed by atoms with E-state index in [1.807, 2.05) is 7.05 Å². The predicted molar refractivity (Wildman–Crippen MR) is 64.8 cm³/mol. The quantitative estimate of drug-likeness (QED) is 0.697. The van der Waals surface area contributed by atoms with Crippen molar-refractivity contribution in [1.29, 1.82) is 0 Å². The molecule has 1 saturated carbocycles. The molecule has 0 spiro atoms. The molecule has 2 rings (SSSR count). The molecule has 2 aliphatic rings. The summed E-state index contributed by atoms with van der Waals surface area (Å²) in [5.41, 5.74) is 0. The smallest absolute Gasteiger partial charge is 0.228 e. The first-order valence-electron chi connectivity index (χ1n) is 5.81. The molecule has 1 aliphatic carbocycles. The van der Waals surface area contributed by atoms with E-state index in [1.54, 1.807) is 4.90 Å². The van der Waals surface area contributed by atoms with E-state index < -0.39 is 0 Å². The molecular formula is C11H21ClN2O2. The van der Waals surface area contributed by atoms with Crippen molar-refractivity contribution in [3.05, 3.63) is 0 Å². The molecule has 0 atom stereocenters. The lowest BCUT2D eigenvalue weighted by Gasteiger charge is -2.30. The number of nitrogens with one attached hydrogen (secondary N) is 1. The number of nitrogens with zero attached hydrogens (tertiary/aromatic N) is 1. The Morgan fingerprint density at radius 2 is 2.12 bits per heavy atom. The SMILES string of the molecule is CN(CCOCC1CC1)C(=O)C1CNC1.Cl. The number of amides is 1. The molecule has 1 saturated heterocycles. The molecule has 94 valence electrons. The summed E-state index contributed by atoms with van der Waals surface area (Å²) in [6.07, 6.45) is 2.64. The maximum Gasteiger partial charge on any atom is 0.228 e. The van der Waals surface area contributed by atoms with E-state index in [1.165, 1.54) is 12.8 Å². The molecular weight excluding hydrogens is 228 g/mol. The van der Waals surface area contributed by atoms with Crippen molar-refractivity contribution in [3.8, 4) is 0 Å². The second-order valence-corrected chi connectivity index (χ2v) is 4.63. The van der Waals surface area contributed by atoms with Gasteiger partial charge in [-0.3, -0.25) is 4.79 Å². The Morgan fingerprint density at radius 1 is 1.44 bits per heavy atom. The average molecular weight is 249 g/mol. The van der Waals surface area contributed by atoms with Crippen molar-refractivity contribution < 1.29 is 9.53 Å². The third-order valence-electron chi connectivity index (χ3n) is 3.13. The highest BCUT2D eigenvalue weighted by Gasteiger charge is 2.27. The first-order valence-corrected chi connectivity index (χ1v) is 5.81. The van der Waals surface area contributed by atoms with E-state index in [2.05, 4.69) is 5.32 Å². The Hall–Kier alpha value is -0.320. The van der Waals surface area contributed by atoms with Crippen LogP contribution in [-0.2, 0) is 9.53 Å². The van der Waals surface area contributed by atoms with Gasteiger partial charge >= 0.3 is 0 Å². The van der Waals surface area contributed by atoms with Crippen molar-refractivity contribution in [3.63, 3.8) is 0 Å². The number of likely N-dealkylation sites (N-methyl/N-ethyl adjacent to an activating group) is 1. The van der Waals surface area contributed by atoms with Crippen LogP contribution >= 0.6 is 12.4 Å². The molecule has 1 N–H and O–H groups in total. The molecule has 0 aromatic heterocycles. The molecule has 4 nitrogen and oxygen atoms in total. The number of rotatable bonds is 6. The fourth-order valence-corrected chi connectivity index (χ4v) is 1.62. The first-order chi connectivity index (χ1) is 7.27. The van der Waals surface area contributed by atoms with E-state index >= 15 is 0 Å². The van der Waals surface area contributed by atoms with Gasteiger partial charge in [0.05, 0.1) is 12.5 Å². The summed E-state index contributed by atoms with van der Waals surface area (Å²) in [6, 6.07) is 0. The average Bonchev–Trinajstić information content (AvgIpc) is 2.92. The highest BCUT2D eigenvalue weighted by Crippen LogP contribution is 2.28. The van der Waals surface area contributed by atoms with Crippen LogP contribution in [0.4, 0.5) is 0 Å². The van der Waals surface area contributed by atoms with Crippen LogP contribution in [0.25, 0.3) is 0 Å². The van der Waals surface area contributed by atoms with Crippen LogP contribution in [0.3, 0.4) is 0 Å². The minimum absolute atomic E-state index is 0. The van der Waals surface area contributed by atoms with Gasteiger partial charge in [-0.2, -0.15) is 0 Å². The summed E-state index contributed by atoms with van der Waals surface area (Å²) in [7, 11) is 1.86. The summed E-state index contributed by atoms with van der Waals surface area (Å²) in [6.45, 7) is 3.96. The Labute approximate surface area is 103 Å². The van der Waals surface area contributed by atoms with Gasteiger partial charge in [-0.25, -0.2) is 0 Å². The molecule has 0 aromatic rings. The summed E-state index contributed by atoms with van der Waals surface area (Å²) < 4.78 is 5.50. The van der Waals surface area contributed by atoms with Crippen LogP contribution in [0, 0.1) is 11.8 Å². The minimum atomic E-state index is 0. The van der Waals surface area contributed by atoms with Crippen molar-refractivity contribution in [2.45, 2.75) is 12.8 Å². The van der Waals surface area contributed by atoms with Crippen molar-refractivity contribution in [1.82, 2.24) is 10.2 Å². The zero-order valence-electron chi connectivity index (χ0n) is 9.78. The second-order valence-electron chi connectivity index (χ2n) is 4.63. The van der Waals surface area contributed by atoms with Gasteiger partial charge in [-0.1, -0.05) is 0 Å². The Morgan fingerprint density at radius 3 is 2.62 bits per heavy atom. The van der Waals surface area contributed by atoms with Gasteiger partial charge in [0.25, 0.3) is 0 Å². The molecule has 16 heavy (non-hydrogen) atoms. The topological polar surface area (TPSA) is 41.6 Å².